The van der Waals surface area contributed by atoms with Crippen LogP contribution in [0.1, 0.15) is 10.6 Å². The molecular formula is C17H15N3O3. The van der Waals surface area contributed by atoms with Crippen LogP contribution in [0.25, 0.3) is 16.8 Å². The molecule has 2 aromatic heterocycles. The average Bonchev–Trinajstić information content (AvgIpc) is 3.00. The minimum Gasteiger partial charge on any atom is -0.468 e. The van der Waals surface area contributed by atoms with E-state index in [4.69, 9.17) is 0 Å². The van der Waals surface area contributed by atoms with Crippen LogP contribution in [0.4, 0.5) is 0 Å². The van der Waals surface area contributed by atoms with Crippen LogP contribution in [-0.2, 0) is 9.53 Å². The lowest BCUT2D eigenvalue weighted by Crippen LogP contribution is -2.31. The van der Waals surface area contributed by atoms with Crippen LogP contribution < -0.4 is 5.32 Å². The van der Waals surface area contributed by atoms with Gasteiger partial charge in [-0.1, -0.05) is 36.4 Å². The minimum atomic E-state index is -0.512. The Hall–Kier alpha value is -3.15. The summed E-state index contributed by atoms with van der Waals surface area (Å²) >= 11 is 0. The Morgan fingerprint density at radius 2 is 1.87 bits per heavy atom. The van der Waals surface area contributed by atoms with Crippen molar-refractivity contribution in [1.82, 2.24) is 14.7 Å². The number of fused-ring (bicyclic) bond motifs is 1. The fraction of sp³-hybridized carbons (Fsp3) is 0.118. The Morgan fingerprint density at radius 1 is 1.13 bits per heavy atom. The number of hydrogen-bond acceptors (Lipinski definition) is 4. The van der Waals surface area contributed by atoms with Crippen LogP contribution in [0, 0.1) is 0 Å². The highest BCUT2D eigenvalue weighted by molar-refractivity contribution is 5.96. The third-order valence-corrected chi connectivity index (χ3v) is 3.42. The second-order valence-corrected chi connectivity index (χ2v) is 4.86. The average molecular weight is 309 g/mol. The van der Waals surface area contributed by atoms with Crippen molar-refractivity contribution in [2.24, 2.45) is 0 Å². The van der Waals surface area contributed by atoms with Crippen LogP contribution in [-0.4, -0.2) is 34.9 Å². The number of carbonyl (C=O) groups excluding carboxylic acids is 2. The Kier molecular flexibility index (Phi) is 4.05. The predicted octanol–water partition coefficient (Wildman–Crippen LogP) is 1.90. The third kappa shape index (κ3) is 2.91. The number of ether oxygens (including phenoxy) is 1. The summed E-state index contributed by atoms with van der Waals surface area (Å²) in [6, 6.07) is 15.2. The number of pyridine rings is 1. The van der Waals surface area contributed by atoms with Gasteiger partial charge in [0.2, 0.25) is 5.82 Å². The van der Waals surface area contributed by atoms with Gasteiger partial charge in [0.15, 0.2) is 0 Å². The first kappa shape index (κ1) is 14.8. The van der Waals surface area contributed by atoms with Gasteiger partial charge >= 0.3 is 5.97 Å². The van der Waals surface area contributed by atoms with Gasteiger partial charge in [-0.15, -0.1) is 0 Å². The summed E-state index contributed by atoms with van der Waals surface area (Å²) in [5.41, 5.74) is 2.46. The van der Waals surface area contributed by atoms with E-state index in [2.05, 4.69) is 15.0 Å². The molecule has 0 saturated carbocycles. The van der Waals surface area contributed by atoms with Crippen molar-refractivity contribution in [2.75, 3.05) is 13.7 Å². The maximum atomic E-state index is 12.3. The van der Waals surface area contributed by atoms with E-state index in [1.807, 2.05) is 48.5 Å². The monoisotopic (exact) mass is 309 g/mol. The van der Waals surface area contributed by atoms with E-state index in [-0.39, 0.29) is 12.4 Å². The van der Waals surface area contributed by atoms with Crippen molar-refractivity contribution in [3.63, 3.8) is 0 Å². The number of aromatic nitrogens is 2. The van der Waals surface area contributed by atoms with Gasteiger partial charge in [0.1, 0.15) is 6.54 Å². The van der Waals surface area contributed by atoms with Crippen LogP contribution >= 0.6 is 0 Å². The van der Waals surface area contributed by atoms with Crippen molar-refractivity contribution in [1.29, 1.82) is 0 Å². The Balaban J connectivity index is 2.02. The summed E-state index contributed by atoms with van der Waals surface area (Å²) in [5.74, 6) is -0.718. The van der Waals surface area contributed by atoms with E-state index in [1.54, 1.807) is 10.6 Å². The fourth-order valence-electron chi connectivity index (χ4n) is 2.31. The number of methoxy groups -OCH3 is 1. The first-order valence-corrected chi connectivity index (χ1v) is 7.08. The molecule has 0 saturated heterocycles. The smallest absolute Gasteiger partial charge is 0.325 e. The zero-order valence-corrected chi connectivity index (χ0v) is 12.5. The maximum Gasteiger partial charge on any atom is 0.325 e. The molecule has 0 aliphatic heterocycles. The van der Waals surface area contributed by atoms with Gasteiger partial charge in [0.05, 0.1) is 18.3 Å². The molecule has 1 amide bonds. The lowest BCUT2D eigenvalue weighted by molar-refractivity contribution is -0.139. The second kappa shape index (κ2) is 6.31. The first-order chi connectivity index (χ1) is 11.2. The topological polar surface area (TPSA) is 72.7 Å². The van der Waals surface area contributed by atoms with Gasteiger partial charge in [0.25, 0.3) is 5.91 Å². The summed E-state index contributed by atoms with van der Waals surface area (Å²) in [4.78, 5) is 28.0. The van der Waals surface area contributed by atoms with E-state index in [9.17, 15) is 9.59 Å². The molecule has 116 valence electrons. The molecule has 0 unspecified atom stereocenters. The summed E-state index contributed by atoms with van der Waals surface area (Å²) in [6.07, 6.45) is 1.77. The SMILES string of the molecule is COC(=O)CNC(=O)c1nc(-c2ccccc2)c2ccccn12. The standard InChI is InChI=1S/C17H15N3O3/c1-23-14(21)11-18-17(22)16-19-15(12-7-3-2-4-8-12)13-9-5-6-10-20(13)16/h2-10H,11H2,1H3,(H,18,22). The van der Waals surface area contributed by atoms with Crippen LogP contribution in [0.3, 0.4) is 0 Å². The van der Waals surface area contributed by atoms with E-state index in [0.717, 1.165) is 16.8 Å². The normalized spacial score (nSPS) is 10.5. The van der Waals surface area contributed by atoms with Gasteiger partial charge < -0.3 is 10.1 Å². The lowest BCUT2D eigenvalue weighted by atomic mass is 10.1. The molecule has 3 aromatic rings. The van der Waals surface area contributed by atoms with Crippen molar-refractivity contribution in [3.8, 4) is 11.3 Å². The highest BCUT2D eigenvalue weighted by Crippen LogP contribution is 2.24. The molecule has 0 aliphatic carbocycles. The van der Waals surface area contributed by atoms with Gasteiger partial charge in [0, 0.05) is 11.8 Å². The number of benzene rings is 1. The van der Waals surface area contributed by atoms with Crippen LogP contribution in [0.5, 0.6) is 0 Å². The maximum absolute atomic E-state index is 12.3. The Labute approximate surface area is 132 Å². The Bertz CT molecular complexity index is 856. The molecule has 6 heteroatoms. The third-order valence-electron chi connectivity index (χ3n) is 3.42. The lowest BCUT2D eigenvalue weighted by Gasteiger charge is -2.02. The zero-order chi connectivity index (χ0) is 16.2. The summed E-state index contributed by atoms with van der Waals surface area (Å²) in [6.45, 7) is -0.197. The zero-order valence-electron chi connectivity index (χ0n) is 12.5. The number of carbonyl (C=O) groups is 2. The van der Waals surface area contributed by atoms with Crippen molar-refractivity contribution >= 4 is 17.4 Å². The van der Waals surface area contributed by atoms with Crippen molar-refractivity contribution < 1.29 is 14.3 Å². The van der Waals surface area contributed by atoms with E-state index in [0.29, 0.717) is 0 Å². The molecule has 1 N–H and O–H groups in total. The number of hydrogen-bond donors (Lipinski definition) is 1. The molecule has 2 heterocycles. The summed E-state index contributed by atoms with van der Waals surface area (Å²) in [7, 11) is 1.27. The first-order valence-electron chi connectivity index (χ1n) is 7.08. The van der Waals surface area contributed by atoms with E-state index in [1.165, 1.54) is 7.11 Å². The predicted molar refractivity (Wildman–Crippen MR) is 85.0 cm³/mol. The summed E-state index contributed by atoms with van der Waals surface area (Å²) < 4.78 is 6.22. The largest absolute Gasteiger partial charge is 0.468 e. The van der Waals surface area contributed by atoms with Gasteiger partial charge in [-0.25, -0.2) is 4.98 Å². The number of amides is 1. The van der Waals surface area contributed by atoms with Crippen molar-refractivity contribution in [3.05, 3.63) is 60.6 Å². The Morgan fingerprint density at radius 3 is 2.61 bits per heavy atom. The number of nitrogens with zero attached hydrogens (tertiary/aromatic N) is 2. The molecule has 6 nitrogen and oxygen atoms in total. The van der Waals surface area contributed by atoms with Gasteiger partial charge in [-0.2, -0.15) is 0 Å². The number of nitrogens with one attached hydrogen (secondary N) is 1. The molecule has 0 spiro atoms. The van der Waals surface area contributed by atoms with Crippen LogP contribution in [0.15, 0.2) is 54.7 Å². The summed E-state index contributed by atoms with van der Waals surface area (Å²) in [5, 5.41) is 2.51. The molecule has 0 radical (unpaired) electrons. The molecule has 0 bridgehead atoms. The number of rotatable bonds is 4. The molecule has 3 rings (SSSR count). The van der Waals surface area contributed by atoms with Crippen LogP contribution in [0.2, 0.25) is 0 Å². The fourth-order valence-corrected chi connectivity index (χ4v) is 2.31. The molecule has 0 fully saturated rings. The van der Waals surface area contributed by atoms with E-state index >= 15 is 0 Å². The molecule has 0 atom stereocenters. The van der Waals surface area contributed by atoms with Crippen molar-refractivity contribution in [2.45, 2.75) is 0 Å². The van der Waals surface area contributed by atoms with Gasteiger partial charge in [-0.3, -0.25) is 14.0 Å². The number of esters is 1. The molecule has 23 heavy (non-hydrogen) atoms. The molecule has 1 aromatic carbocycles. The number of imidazole rings is 1. The molecule has 0 aliphatic rings. The van der Waals surface area contributed by atoms with E-state index < -0.39 is 11.9 Å². The highest BCUT2D eigenvalue weighted by Gasteiger charge is 2.18. The highest BCUT2D eigenvalue weighted by atomic mass is 16.5. The second-order valence-electron chi connectivity index (χ2n) is 4.86. The quantitative estimate of drug-likeness (QED) is 0.747. The molecular weight excluding hydrogens is 294 g/mol. The minimum absolute atomic E-state index is 0.197. The van der Waals surface area contributed by atoms with Gasteiger partial charge in [-0.05, 0) is 12.1 Å².